The second-order valence-electron chi connectivity index (χ2n) is 2.02. The third-order valence-electron chi connectivity index (χ3n) is 0.682. The molecule has 0 aromatic carbocycles. The van der Waals surface area contributed by atoms with E-state index in [1.54, 1.807) is 6.92 Å². The molecule has 1 N–H and O–H groups in total. The first-order valence-electron chi connectivity index (χ1n) is 4.10. The zero-order valence-corrected chi connectivity index (χ0v) is 8.10. The molecular weight excluding hydrogens is 142 g/mol. The molecule has 11 heavy (non-hydrogen) atoms. The molecule has 1 amide bonds. The molecule has 0 fully saturated rings. The van der Waals surface area contributed by atoms with Crippen LogP contribution in [0.15, 0.2) is 0 Å². The van der Waals surface area contributed by atoms with Gasteiger partial charge in [0.25, 0.3) is 0 Å². The lowest BCUT2D eigenvalue weighted by atomic mass is 10.4. The molecule has 3 heteroatoms. The number of alkyl carbamates (subject to hydrolysis) is 1. The van der Waals surface area contributed by atoms with Gasteiger partial charge in [0.2, 0.25) is 0 Å². The van der Waals surface area contributed by atoms with Crippen LogP contribution in [0.1, 0.15) is 34.6 Å². The Bertz CT molecular complexity index is 92.1. The van der Waals surface area contributed by atoms with E-state index in [9.17, 15) is 4.79 Å². The van der Waals surface area contributed by atoms with Gasteiger partial charge in [0, 0.05) is 6.04 Å². The van der Waals surface area contributed by atoms with Gasteiger partial charge in [-0.25, -0.2) is 4.79 Å². The minimum atomic E-state index is -0.340. The standard InChI is InChI=1S/C6H13NO2.C2H6/c1-4-9-6(8)7-5(2)3;1-2/h5H,4H2,1-3H3,(H,7,8);1-2H3. The van der Waals surface area contributed by atoms with Crippen LogP contribution in [0.4, 0.5) is 4.79 Å². The SMILES string of the molecule is CC.CCOC(=O)NC(C)C. The molecule has 0 heterocycles. The third kappa shape index (κ3) is 12.5. The minimum Gasteiger partial charge on any atom is -0.450 e. The van der Waals surface area contributed by atoms with Gasteiger partial charge < -0.3 is 10.1 Å². The normalized spacial score (nSPS) is 8.18. The summed E-state index contributed by atoms with van der Waals surface area (Å²) in [6.45, 7) is 9.98. The van der Waals surface area contributed by atoms with Crippen LogP contribution in [0.25, 0.3) is 0 Å². The van der Waals surface area contributed by atoms with Crippen molar-refractivity contribution < 1.29 is 9.53 Å². The second kappa shape index (κ2) is 9.27. The van der Waals surface area contributed by atoms with Crippen molar-refractivity contribution in [2.24, 2.45) is 0 Å². The molecule has 0 aliphatic heterocycles. The zero-order chi connectivity index (χ0) is 9.28. The highest BCUT2D eigenvalue weighted by atomic mass is 16.5. The highest BCUT2D eigenvalue weighted by Crippen LogP contribution is 1.80. The van der Waals surface area contributed by atoms with E-state index in [1.807, 2.05) is 27.7 Å². The number of ether oxygens (including phenoxy) is 1. The highest BCUT2D eigenvalue weighted by molar-refractivity contribution is 5.67. The Kier molecular flexibility index (Phi) is 10.9. The summed E-state index contributed by atoms with van der Waals surface area (Å²) in [5, 5.41) is 2.58. The summed E-state index contributed by atoms with van der Waals surface area (Å²) in [5.41, 5.74) is 0. The molecule has 3 nitrogen and oxygen atoms in total. The van der Waals surface area contributed by atoms with E-state index < -0.39 is 0 Å². The first-order chi connectivity index (χ1) is 5.16. The fourth-order valence-corrected chi connectivity index (χ4v) is 0.408. The van der Waals surface area contributed by atoms with Crippen molar-refractivity contribution in [3.63, 3.8) is 0 Å². The number of nitrogens with one attached hydrogen (secondary N) is 1. The lowest BCUT2D eigenvalue weighted by Crippen LogP contribution is -2.30. The Morgan fingerprint density at radius 1 is 1.45 bits per heavy atom. The van der Waals surface area contributed by atoms with Crippen LogP contribution in [-0.4, -0.2) is 18.7 Å². The number of hydrogen-bond donors (Lipinski definition) is 1. The molecule has 68 valence electrons. The molecule has 0 saturated heterocycles. The van der Waals surface area contributed by atoms with E-state index >= 15 is 0 Å². The maximum Gasteiger partial charge on any atom is 0.407 e. The summed E-state index contributed by atoms with van der Waals surface area (Å²) in [6, 6.07) is 0.157. The topological polar surface area (TPSA) is 38.3 Å². The number of carbonyl (C=O) groups is 1. The third-order valence-corrected chi connectivity index (χ3v) is 0.682. The molecule has 0 rings (SSSR count). The van der Waals surface area contributed by atoms with Crippen LogP contribution in [0.3, 0.4) is 0 Å². The average Bonchev–Trinajstić information content (AvgIpc) is 1.91. The van der Waals surface area contributed by atoms with Crippen molar-refractivity contribution in [2.75, 3.05) is 6.61 Å². The van der Waals surface area contributed by atoms with Crippen molar-refractivity contribution in [3.8, 4) is 0 Å². The maximum atomic E-state index is 10.5. The number of rotatable bonds is 2. The Morgan fingerprint density at radius 3 is 2.18 bits per heavy atom. The van der Waals surface area contributed by atoms with Crippen LogP contribution < -0.4 is 5.32 Å². The largest absolute Gasteiger partial charge is 0.450 e. The number of carbonyl (C=O) groups excluding carboxylic acids is 1. The summed E-state index contributed by atoms with van der Waals surface area (Å²) < 4.78 is 4.60. The predicted molar refractivity (Wildman–Crippen MR) is 46.6 cm³/mol. The van der Waals surface area contributed by atoms with Gasteiger partial charge in [0.15, 0.2) is 0 Å². The molecule has 0 saturated carbocycles. The average molecular weight is 161 g/mol. The van der Waals surface area contributed by atoms with Gasteiger partial charge in [-0.1, -0.05) is 13.8 Å². The zero-order valence-electron chi connectivity index (χ0n) is 8.10. The first-order valence-corrected chi connectivity index (χ1v) is 4.10. The van der Waals surface area contributed by atoms with Crippen molar-refractivity contribution in [1.29, 1.82) is 0 Å². The van der Waals surface area contributed by atoms with Gasteiger partial charge in [0.05, 0.1) is 6.61 Å². The Balaban J connectivity index is 0. The van der Waals surface area contributed by atoms with E-state index in [4.69, 9.17) is 0 Å². The van der Waals surface area contributed by atoms with Crippen LogP contribution >= 0.6 is 0 Å². The summed E-state index contributed by atoms with van der Waals surface area (Å²) in [7, 11) is 0. The quantitative estimate of drug-likeness (QED) is 0.674. The van der Waals surface area contributed by atoms with Crippen molar-refractivity contribution >= 4 is 6.09 Å². The number of hydrogen-bond acceptors (Lipinski definition) is 2. The van der Waals surface area contributed by atoms with Gasteiger partial charge >= 0.3 is 6.09 Å². The minimum absolute atomic E-state index is 0.157. The molecule has 0 atom stereocenters. The van der Waals surface area contributed by atoms with Gasteiger partial charge in [-0.05, 0) is 20.8 Å². The van der Waals surface area contributed by atoms with Crippen LogP contribution in [0.2, 0.25) is 0 Å². The van der Waals surface area contributed by atoms with E-state index in [-0.39, 0.29) is 12.1 Å². The van der Waals surface area contributed by atoms with Crippen LogP contribution in [-0.2, 0) is 4.74 Å². The summed E-state index contributed by atoms with van der Waals surface area (Å²) in [6.07, 6.45) is -0.340. The lowest BCUT2D eigenvalue weighted by Gasteiger charge is -2.06. The van der Waals surface area contributed by atoms with E-state index in [1.165, 1.54) is 0 Å². The first kappa shape index (κ1) is 12.9. The van der Waals surface area contributed by atoms with Gasteiger partial charge in [0.1, 0.15) is 0 Å². The predicted octanol–water partition coefficient (Wildman–Crippen LogP) is 2.17. The molecule has 0 aliphatic carbocycles. The molecular formula is C8H19NO2. The maximum absolute atomic E-state index is 10.5. The smallest absolute Gasteiger partial charge is 0.407 e. The Hall–Kier alpha value is -0.730. The second-order valence-corrected chi connectivity index (χ2v) is 2.02. The van der Waals surface area contributed by atoms with Crippen molar-refractivity contribution in [1.82, 2.24) is 5.32 Å². The van der Waals surface area contributed by atoms with Crippen molar-refractivity contribution in [2.45, 2.75) is 40.7 Å². The van der Waals surface area contributed by atoms with E-state index in [2.05, 4.69) is 10.1 Å². The Morgan fingerprint density at radius 2 is 1.91 bits per heavy atom. The fraction of sp³-hybridized carbons (Fsp3) is 0.875. The Labute approximate surface area is 69.1 Å². The van der Waals surface area contributed by atoms with E-state index in [0.717, 1.165) is 0 Å². The van der Waals surface area contributed by atoms with Gasteiger partial charge in [-0.3, -0.25) is 0 Å². The molecule has 0 unspecified atom stereocenters. The molecule has 0 radical (unpaired) electrons. The summed E-state index contributed by atoms with van der Waals surface area (Å²) in [4.78, 5) is 10.5. The van der Waals surface area contributed by atoms with Gasteiger partial charge in [-0.15, -0.1) is 0 Å². The van der Waals surface area contributed by atoms with Crippen LogP contribution in [0.5, 0.6) is 0 Å². The van der Waals surface area contributed by atoms with Gasteiger partial charge in [-0.2, -0.15) is 0 Å². The molecule has 0 aromatic heterocycles. The summed E-state index contributed by atoms with van der Waals surface area (Å²) in [5.74, 6) is 0. The summed E-state index contributed by atoms with van der Waals surface area (Å²) >= 11 is 0. The molecule has 0 aliphatic rings. The van der Waals surface area contributed by atoms with E-state index in [0.29, 0.717) is 6.61 Å². The molecule has 0 aromatic rings. The fourth-order valence-electron chi connectivity index (χ4n) is 0.408. The van der Waals surface area contributed by atoms with Crippen LogP contribution in [0, 0.1) is 0 Å². The molecule has 0 spiro atoms. The monoisotopic (exact) mass is 161 g/mol. The highest BCUT2D eigenvalue weighted by Gasteiger charge is 1.99. The molecule has 0 bridgehead atoms. The lowest BCUT2D eigenvalue weighted by molar-refractivity contribution is 0.149. The van der Waals surface area contributed by atoms with Crippen molar-refractivity contribution in [3.05, 3.63) is 0 Å². The number of amides is 1.